The third kappa shape index (κ3) is 1.93. The van der Waals surface area contributed by atoms with Gasteiger partial charge in [-0.15, -0.1) is 0 Å². The van der Waals surface area contributed by atoms with Crippen molar-refractivity contribution in [3.05, 3.63) is 59.1 Å². The number of nitrogen functional groups attached to an aromatic ring is 1. The van der Waals surface area contributed by atoms with Crippen LogP contribution in [0.25, 0.3) is 11.0 Å². The second-order valence-electron chi connectivity index (χ2n) is 4.17. The molecule has 1 aromatic heterocycles. The maximum absolute atomic E-state index is 6.02. The molecule has 2 N–H and O–H groups in total. The van der Waals surface area contributed by atoms with Crippen molar-refractivity contribution in [1.82, 2.24) is 9.55 Å². The Morgan fingerprint density at radius 2 is 1.89 bits per heavy atom. The Labute approximate surface area is 110 Å². The zero-order valence-electron chi connectivity index (χ0n) is 9.68. The second kappa shape index (κ2) is 4.35. The first kappa shape index (κ1) is 11.1. The molecule has 3 rings (SSSR count). The quantitative estimate of drug-likeness (QED) is 0.765. The molecule has 0 fully saturated rings. The van der Waals surface area contributed by atoms with Gasteiger partial charge in [-0.2, -0.15) is 0 Å². The SMILES string of the molecule is Nc1nc2ccc(Cl)cc2n1Cc1ccccc1. The van der Waals surface area contributed by atoms with Crippen molar-refractivity contribution in [3.8, 4) is 0 Å². The number of nitrogens with two attached hydrogens (primary N) is 1. The van der Waals surface area contributed by atoms with Gasteiger partial charge in [-0.3, -0.25) is 0 Å². The molecule has 0 atom stereocenters. The molecule has 3 nitrogen and oxygen atoms in total. The van der Waals surface area contributed by atoms with Crippen LogP contribution in [-0.4, -0.2) is 9.55 Å². The predicted octanol–water partition coefficient (Wildman–Crippen LogP) is 3.32. The fourth-order valence-electron chi connectivity index (χ4n) is 2.05. The summed E-state index contributed by atoms with van der Waals surface area (Å²) in [6.07, 6.45) is 0. The van der Waals surface area contributed by atoms with Gasteiger partial charge in [0.1, 0.15) is 0 Å². The van der Waals surface area contributed by atoms with Gasteiger partial charge in [0.05, 0.1) is 17.6 Å². The molecule has 0 amide bonds. The molecule has 2 aromatic carbocycles. The smallest absolute Gasteiger partial charge is 0.201 e. The largest absolute Gasteiger partial charge is 0.369 e. The third-order valence-electron chi connectivity index (χ3n) is 2.92. The van der Waals surface area contributed by atoms with E-state index in [-0.39, 0.29) is 0 Å². The monoisotopic (exact) mass is 257 g/mol. The molecule has 0 spiro atoms. The van der Waals surface area contributed by atoms with E-state index in [0.717, 1.165) is 11.0 Å². The molecule has 1 heterocycles. The number of nitrogens with zero attached hydrogens (tertiary/aromatic N) is 2. The maximum atomic E-state index is 6.02. The van der Waals surface area contributed by atoms with Crippen LogP contribution in [0, 0.1) is 0 Å². The summed E-state index contributed by atoms with van der Waals surface area (Å²) >= 11 is 6.02. The molecular formula is C14H12ClN3. The number of anilines is 1. The van der Waals surface area contributed by atoms with Crippen LogP contribution >= 0.6 is 11.6 Å². The first-order valence-electron chi connectivity index (χ1n) is 5.69. The van der Waals surface area contributed by atoms with E-state index in [1.165, 1.54) is 5.56 Å². The van der Waals surface area contributed by atoms with Crippen molar-refractivity contribution >= 4 is 28.6 Å². The van der Waals surface area contributed by atoms with Crippen LogP contribution in [0.15, 0.2) is 48.5 Å². The summed E-state index contributed by atoms with van der Waals surface area (Å²) in [4.78, 5) is 4.33. The van der Waals surface area contributed by atoms with Gasteiger partial charge in [-0.25, -0.2) is 4.98 Å². The predicted molar refractivity (Wildman–Crippen MR) is 74.7 cm³/mol. The minimum atomic E-state index is 0.510. The highest BCUT2D eigenvalue weighted by Crippen LogP contribution is 2.22. The van der Waals surface area contributed by atoms with E-state index in [4.69, 9.17) is 17.3 Å². The van der Waals surface area contributed by atoms with Crippen molar-refractivity contribution in [2.75, 3.05) is 5.73 Å². The zero-order valence-corrected chi connectivity index (χ0v) is 10.4. The Morgan fingerprint density at radius 1 is 1.11 bits per heavy atom. The van der Waals surface area contributed by atoms with Crippen molar-refractivity contribution in [2.24, 2.45) is 0 Å². The Balaban J connectivity index is 2.11. The molecule has 0 aliphatic rings. The summed E-state index contributed by atoms with van der Waals surface area (Å²) in [6.45, 7) is 0.698. The van der Waals surface area contributed by atoms with Crippen molar-refractivity contribution in [2.45, 2.75) is 6.54 Å². The topological polar surface area (TPSA) is 43.8 Å². The van der Waals surface area contributed by atoms with Gasteiger partial charge >= 0.3 is 0 Å². The third-order valence-corrected chi connectivity index (χ3v) is 3.16. The van der Waals surface area contributed by atoms with Crippen LogP contribution in [0.3, 0.4) is 0 Å². The lowest BCUT2D eigenvalue weighted by Crippen LogP contribution is -2.04. The van der Waals surface area contributed by atoms with Crippen LogP contribution < -0.4 is 5.73 Å². The number of imidazole rings is 1. The van der Waals surface area contributed by atoms with Gasteiger partial charge in [0, 0.05) is 5.02 Å². The molecule has 0 unspecified atom stereocenters. The number of fused-ring (bicyclic) bond motifs is 1. The highest BCUT2D eigenvalue weighted by molar-refractivity contribution is 6.31. The normalized spacial score (nSPS) is 10.9. The molecule has 4 heteroatoms. The number of hydrogen-bond acceptors (Lipinski definition) is 2. The standard InChI is InChI=1S/C14H12ClN3/c15-11-6-7-12-13(8-11)18(14(16)17-12)9-10-4-2-1-3-5-10/h1-8H,9H2,(H2,16,17). The van der Waals surface area contributed by atoms with Crippen LogP contribution in [0.5, 0.6) is 0 Å². The Hall–Kier alpha value is -2.00. The fraction of sp³-hybridized carbons (Fsp3) is 0.0714. The van der Waals surface area contributed by atoms with Gasteiger partial charge < -0.3 is 10.3 Å². The van der Waals surface area contributed by atoms with Gasteiger partial charge in [-0.1, -0.05) is 41.9 Å². The van der Waals surface area contributed by atoms with Crippen LogP contribution in [-0.2, 0) is 6.54 Å². The van der Waals surface area contributed by atoms with Gasteiger partial charge in [0.2, 0.25) is 5.95 Å². The molecule has 0 aliphatic carbocycles. The van der Waals surface area contributed by atoms with Crippen LogP contribution in [0.1, 0.15) is 5.56 Å². The lowest BCUT2D eigenvalue weighted by molar-refractivity contribution is 0.838. The van der Waals surface area contributed by atoms with E-state index >= 15 is 0 Å². The molecule has 3 aromatic rings. The molecule has 0 saturated carbocycles. The highest BCUT2D eigenvalue weighted by atomic mass is 35.5. The molecule has 18 heavy (non-hydrogen) atoms. The summed E-state index contributed by atoms with van der Waals surface area (Å²) in [5, 5.41) is 0.691. The molecular weight excluding hydrogens is 246 g/mol. The number of benzene rings is 2. The van der Waals surface area contributed by atoms with Crippen molar-refractivity contribution in [1.29, 1.82) is 0 Å². The lowest BCUT2D eigenvalue weighted by Gasteiger charge is -2.06. The first-order chi connectivity index (χ1) is 8.74. The molecule has 0 radical (unpaired) electrons. The maximum Gasteiger partial charge on any atom is 0.201 e. The van der Waals surface area contributed by atoms with Gasteiger partial charge in [0.25, 0.3) is 0 Å². The summed E-state index contributed by atoms with van der Waals surface area (Å²) in [5.74, 6) is 0.510. The highest BCUT2D eigenvalue weighted by Gasteiger charge is 2.08. The molecule has 90 valence electrons. The summed E-state index contributed by atoms with van der Waals surface area (Å²) < 4.78 is 1.97. The molecule has 0 aliphatic heterocycles. The molecule has 0 bridgehead atoms. The Morgan fingerprint density at radius 3 is 2.67 bits per heavy atom. The van der Waals surface area contributed by atoms with E-state index in [0.29, 0.717) is 17.5 Å². The van der Waals surface area contributed by atoms with Crippen LogP contribution in [0.2, 0.25) is 5.02 Å². The second-order valence-corrected chi connectivity index (χ2v) is 4.61. The zero-order chi connectivity index (χ0) is 12.5. The fourth-order valence-corrected chi connectivity index (χ4v) is 2.21. The number of hydrogen-bond donors (Lipinski definition) is 1. The van der Waals surface area contributed by atoms with Gasteiger partial charge in [0.15, 0.2) is 0 Å². The van der Waals surface area contributed by atoms with Crippen molar-refractivity contribution in [3.63, 3.8) is 0 Å². The number of rotatable bonds is 2. The minimum Gasteiger partial charge on any atom is -0.369 e. The van der Waals surface area contributed by atoms with Gasteiger partial charge in [-0.05, 0) is 23.8 Å². The van der Waals surface area contributed by atoms with E-state index in [1.54, 1.807) is 0 Å². The van der Waals surface area contributed by atoms with Crippen molar-refractivity contribution < 1.29 is 0 Å². The summed E-state index contributed by atoms with van der Waals surface area (Å²) in [7, 11) is 0. The lowest BCUT2D eigenvalue weighted by atomic mass is 10.2. The summed E-state index contributed by atoms with van der Waals surface area (Å²) in [5.41, 5.74) is 8.97. The van der Waals surface area contributed by atoms with E-state index in [2.05, 4.69) is 17.1 Å². The minimum absolute atomic E-state index is 0.510. The summed E-state index contributed by atoms with van der Waals surface area (Å²) in [6, 6.07) is 15.7. The average Bonchev–Trinajstić information content (AvgIpc) is 2.67. The van der Waals surface area contributed by atoms with E-state index in [1.807, 2.05) is 41.0 Å². The number of halogens is 1. The van der Waals surface area contributed by atoms with E-state index in [9.17, 15) is 0 Å². The van der Waals surface area contributed by atoms with Crippen LogP contribution in [0.4, 0.5) is 5.95 Å². The molecule has 0 saturated heterocycles. The van der Waals surface area contributed by atoms with E-state index < -0.39 is 0 Å². The Bertz CT molecular complexity index is 689. The first-order valence-corrected chi connectivity index (χ1v) is 6.07. The number of aromatic nitrogens is 2. The Kier molecular flexibility index (Phi) is 2.68. The average molecular weight is 258 g/mol.